The Morgan fingerprint density at radius 3 is 2.50 bits per heavy atom. The van der Waals surface area contributed by atoms with Gasteiger partial charge in [0, 0.05) is 6.07 Å². The molecule has 0 saturated carbocycles. The zero-order valence-electron chi connectivity index (χ0n) is 7.81. The summed E-state index contributed by atoms with van der Waals surface area (Å²) in [6.07, 6.45) is -4.86. The molecular weight excluding hydrogens is 228 g/mol. The van der Waals surface area contributed by atoms with Gasteiger partial charge < -0.3 is 9.84 Å². The summed E-state index contributed by atoms with van der Waals surface area (Å²) in [6, 6.07) is 2.56. The molecule has 0 spiro atoms. The molecule has 1 N–H and O–H groups in total. The van der Waals surface area contributed by atoms with Crippen LogP contribution in [0, 0.1) is 17.7 Å². The van der Waals surface area contributed by atoms with Crippen molar-refractivity contribution in [2.45, 2.75) is 6.36 Å². The van der Waals surface area contributed by atoms with E-state index in [0.29, 0.717) is 6.07 Å². The van der Waals surface area contributed by atoms with Gasteiger partial charge in [-0.15, -0.1) is 13.2 Å². The molecule has 0 aliphatic carbocycles. The molecule has 0 fully saturated rings. The van der Waals surface area contributed by atoms with Crippen molar-refractivity contribution in [3.8, 4) is 17.6 Å². The number of alkyl halides is 3. The van der Waals surface area contributed by atoms with E-state index < -0.39 is 24.5 Å². The number of ether oxygens (including phenoxy) is 1. The van der Waals surface area contributed by atoms with Gasteiger partial charge in [-0.3, -0.25) is 0 Å². The quantitative estimate of drug-likeness (QED) is 0.595. The van der Waals surface area contributed by atoms with Crippen LogP contribution in [0.5, 0.6) is 5.75 Å². The van der Waals surface area contributed by atoms with E-state index in [-0.39, 0.29) is 5.56 Å². The van der Waals surface area contributed by atoms with Crippen LogP contribution in [0.25, 0.3) is 0 Å². The van der Waals surface area contributed by atoms with E-state index in [0.717, 1.165) is 12.1 Å². The number of halogens is 4. The average molecular weight is 234 g/mol. The molecule has 0 atom stereocenters. The molecule has 0 heterocycles. The van der Waals surface area contributed by atoms with Gasteiger partial charge in [0.05, 0.1) is 5.56 Å². The van der Waals surface area contributed by atoms with Crippen molar-refractivity contribution < 1.29 is 27.4 Å². The van der Waals surface area contributed by atoms with E-state index in [1.165, 1.54) is 0 Å². The van der Waals surface area contributed by atoms with Crippen LogP contribution < -0.4 is 4.74 Å². The van der Waals surface area contributed by atoms with Crippen LogP contribution in [-0.4, -0.2) is 18.1 Å². The Balaban J connectivity index is 2.91. The zero-order chi connectivity index (χ0) is 12.2. The fourth-order valence-corrected chi connectivity index (χ4v) is 0.929. The molecule has 0 saturated heterocycles. The maximum absolute atomic E-state index is 13.1. The molecule has 0 radical (unpaired) electrons. The van der Waals surface area contributed by atoms with Gasteiger partial charge in [-0.2, -0.15) is 0 Å². The van der Waals surface area contributed by atoms with E-state index in [2.05, 4.69) is 16.6 Å². The zero-order valence-corrected chi connectivity index (χ0v) is 7.81. The van der Waals surface area contributed by atoms with Crippen LogP contribution in [0.3, 0.4) is 0 Å². The summed E-state index contributed by atoms with van der Waals surface area (Å²) in [5, 5.41) is 8.36. The Kier molecular flexibility index (Phi) is 3.74. The van der Waals surface area contributed by atoms with E-state index in [1.54, 1.807) is 0 Å². The first-order valence-corrected chi connectivity index (χ1v) is 4.07. The third-order valence-electron chi connectivity index (χ3n) is 1.48. The summed E-state index contributed by atoms with van der Waals surface area (Å²) in [6.45, 7) is -0.458. The summed E-state index contributed by atoms with van der Waals surface area (Å²) in [5.41, 5.74) is -0.108. The lowest BCUT2D eigenvalue weighted by Crippen LogP contribution is -2.17. The predicted octanol–water partition coefficient (Wildman–Crippen LogP) is 2.07. The molecule has 0 amide bonds. The number of hydrogen-bond acceptors (Lipinski definition) is 2. The highest BCUT2D eigenvalue weighted by Crippen LogP contribution is 2.24. The fourth-order valence-electron chi connectivity index (χ4n) is 0.929. The summed E-state index contributed by atoms with van der Waals surface area (Å²) in [5.74, 6) is 2.82. The molecule has 86 valence electrons. The average Bonchev–Trinajstić information content (AvgIpc) is 2.14. The van der Waals surface area contributed by atoms with E-state index >= 15 is 0 Å². The minimum atomic E-state index is -4.86. The van der Waals surface area contributed by atoms with Crippen molar-refractivity contribution in [1.82, 2.24) is 0 Å². The lowest BCUT2D eigenvalue weighted by atomic mass is 10.2. The first-order valence-electron chi connectivity index (χ1n) is 4.07. The number of aliphatic hydroxyl groups is 1. The van der Waals surface area contributed by atoms with Gasteiger partial charge in [-0.25, -0.2) is 4.39 Å². The second-order valence-corrected chi connectivity index (χ2v) is 2.65. The van der Waals surface area contributed by atoms with E-state index in [9.17, 15) is 17.6 Å². The van der Waals surface area contributed by atoms with Crippen molar-refractivity contribution in [3.05, 3.63) is 29.6 Å². The Morgan fingerprint density at radius 1 is 1.31 bits per heavy atom. The number of aliphatic hydroxyl groups excluding tert-OH is 1. The standard InChI is InChI=1S/C10H6F4O2/c11-9-6-8(16-10(12,13)14)4-3-7(9)2-1-5-15/h3-4,6,15H,5H2. The second-order valence-electron chi connectivity index (χ2n) is 2.65. The first kappa shape index (κ1) is 12.3. The SMILES string of the molecule is OCC#Cc1ccc(OC(F)(F)F)cc1F. The van der Waals surface area contributed by atoms with E-state index in [1.807, 2.05) is 0 Å². The van der Waals surface area contributed by atoms with Crippen molar-refractivity contribution >= 4 is 0 Å². The van der Waals surface area contributed by atoms with Crippen LogP contribution in [0.15, 0.2) is 18.2 Å². The molecule has 0 aromatic heterocycles. The lowest BCUT2D eigenvalue weighted by molar-refractivity contribution is -0.274. The summed E-state index contributed by atoms with van der Waals surface area (Å²) in [4.78, 5) is 0. The Hall–Kier alpha value is -1.74. The molecule has 1 rings (SSSR count). The van der Waals surface area contributed by atoms with Crippen molar-refractivity contribution in [2.75, 3.05) is 6.61 Å². The molecule has 0 aliphatic heterocycles. The molecule has 16 heavy (non-hydrogen) atoms. The Bertz CT molecular complexity index is 429. The molecular formula is C10H6F4O2. The maximum atomic E-state index is 13.1. The highest BCUT2D eigenvalue weighted by molar-refractivity contribution is 5.39. The van der Waals surface area contributed by atoms with Gasteiger partial charge in [-0.1, -0.05) is 11.8 Å². The molecule has 0 aliphatic rings. The number of hydrogen-bond donors (Lipinski definition) is 1. The lowest BCUT2D eigenvalue weighted by Gasteiger charge is -2.08. The molecule has 1 aromatic carbocycles. The number of benzene rings is 1. The van der Waals surface area contributed by atoms with E-state index in [4.69, 9.17) is 5.11 Å². The van der Waals surface area contributed by atoms with Gasteiger partial charge in [0.25, 0.3) is 0 Å². The van der Waals surface area contributed by atoms with Crippen LogP contribution in [0.2, 0.25) is 0 Å². The topological polar surface area (TPSA) is 29.5 Å². The van der Waals surface area contributed by atoms with Gasteiger partial charge in [0.15, 0.2) is 0 Å². The van der Waals surface area contributed by atoms with Crippen molar-refractivity contribution in [2.24, 2.45) is 0 Å². The fraction of sp³-hybridized carbons (Fsp3) is 0.200. The third-order valence-corrected chi connectivity index (χ3v) is 1.48. The smallest absolute Gasteiger partial charge is 0.406 e. The van der Waals surface area contributed by atoms with Gasteiger partial charge in [-0.05, 0) is 12.1 Å². The highest BCUT2D eigenvalue weighted by Gasteiger charge is 2.31. The Labute approximate surface area is 88.5 Å². The van der Waals surface area contributed by atoms with Crippen molar-refractivity contribution in [1.29, 1.82) is 0 Å². The molecule has 2 nitrogen and oxygen atoms in total. The highest BCUT2D eigenvalue weighted by atomic mass is 19.4. The maximum Gasteiger partial charge on any atom is 0.573 e. The molecule has 6 heteroatoms. The first-order chi connectivity index (χ1) is 7.42. The minimum Gasteiger partial charge on any atom is -0.406 e. The van der Waals surface area contributed by atoms with Crippen LogP contribution in [0.4, 0.5) is 17.6 Å². The molecule has 0 bridgehead atoms. The largest absolute Gasteiger partial charge is 0.573 e. The van der Waals surface area contributed by atoms with Crippen molar-refractivity contribution in [3.63, 3.8) is 0 Å². The molecule has 0 unspecified atom stereocenters. The number of rotatable bonds is 1. The van der Waals surface area contributed by atoms with Crippen LogP contribution in [-0.2, 0) is 0 Å². The third kappa shape index (κ3) is 3.79. The van der Waals surface area contributed by atoms with Gasteiger partial charge in [0.1, 0.15) is 18.2 Å². The Morgan fingerprint density at radius 2 is 2.00 bits per heavy atom. The van der Waals surface area contributed by atoms with Crippen LogP contribution in [0.1, 0.15) is 5.56 Å². The van der Waals surface area contributed by atoms with Gasteiger partial charge >= 0.3 is 6.36 Å². The van der Waals surface area contributed by atoms with Gasteiger partial charge in [0.2, 0.25) is 0 Å². The predicted molar refractivity (Wildman–Crippen MR) is 47.0 cm³/mol. The summed E-state index contributed by atoms with van der Waals surface area (Å²) >= 11 is 0. The minimum absolute atomic E-state index is 0.108. The summed E-state index contributed by atoms with van der Waals surface area (Å²) in [7, 11) is 0. The normalized spacial score (nSPS) is 10.6. The van der Waals surface area contributed by atoms with Crippen LogP contribution >= 0.6 is 0 Å². The summed E-state index contributed by atoms with van der Waals surface area (Å²) < 4.78 is 51.9. The molecule has 1 aromatic rings. The second kappa shape index (κ2) is 4.86. The monoisotopic (exact) mass is 234 g/mol.